The van der Waals surface area contributed by atoms with Crippen molar-refractivity contribution in [2.45, 2.75) is 64.8 Å². The topological polar surface area (TPSA) is 70.7 Å². The molecule has 0 saturated carbocycles. The van der Waals surface area contributed by atoms with Gasteiger partial charge in [0.15, 0.2) is 0 Å². The number of hydrogen-bond donors (Lipinski definition) is 2. The van der Waals surface area contributed by atoms with E-state index in [1.807, 2.05) is 25.1 Å². The molecule has 1 spiro atoms. The second-order valence-corrected chi connectivity index (χ2v) is 8.87. The van der Waals surface area contributed by atoms with Crippen LogP contribution in [-0.2, 0) is 4.79 Å². The van der Waals surface area contributed by atoms with Gasteiger partial charge in [-0.15, -0.1) is 0 Å². The molecule has 1 fully saturated rings. The fraction of sp³-hybridized carbons (Fsp3) is 0.667. The largest absolute Gasteiger partial charge is 0.491 e. The maximum atomic E-state index is 13.3. The van der Waals surface area contributed by atoms with E-state index < -0.39 is 0 Å². The lowest BCUT2D eigenvalue weighted by Gasteiger charge is -2.41. The van der Waals surface area contributed by atoms with Gasteiger partial charge in [0.25, 0.3) is 5.91 Å². The number of nitrogens with one attached hydrogen (secondary N) is 2. The average molecular weight is 416 g/mol. The third kappa shape index (κ3) is 5.75. The minimum Gasteiger partial charge on any atom is -0.491 e. The first-order chi connectivity index (χ1) is 14.5. The van der Waals surface area contributed by atoms with Crippen LogP contribution in [0.3, 0.4) is 0 Å². The van der Waals surface area contributed by atoms with Crippen molar-refractivity contribution >= 4 is 11.8 Å². The first kappa shape index (κ1) is 22.6. The van der Waals surface area contributed by atoms with Crippen LogP contribution in [0.2, 0.25) is 0 Å². The van der Waals surface area contributed by atoms with Crippen LogP contribution in [0.15, 0.2) is 24.3 Å². The van der Waals surface area contributed by atoms with Crippen molar-refractivity contribution in [2.24, 2.45) is 5.41 Å². The molecule has 6 heteroatoms. The number of likely N-dealkylation sites (tertiary alicyclic amines) is 1. The second kappa shape index (κ2) is 10.8. The van der Waals surface area contributed by atoms with Gasteiger partial charge in [-0.05, 0) is 70.8 Å². The van der Waals surface area contributed by atoms with E-state index in [2.05, 4.69) is 22.5 Å². The number of carbonyl (C=O) groups is 2. The van der Waals surface area contributed by atoms with Gasteiger partial charge in [0.05, 0.1) is 17.0 Å². The number of nitrogens with zero attached hydrogens (tertiary/aromatic N) is 1. The lowest BCUT2D eigenvalue weighted by Crippen LogP contribution is -2.51. The highest BCUT2D eigenvalue weighted by Gasteiger charge is 2.41. The van der Waals surface area contributed by atoms with Gasteiger partial charge in [-0.3, -0.25) is 9.59 Å². The van der Waals surface area contributed by atoms with Gasteiger partial charge in [-0.25, -0.2) is 0 Å². The molecule has 2 amide bonds. The van der Waals surface area contributed by atoms with Gasteiger partial charge >= 0.3 is 0 Å². The Hall–Kier alpha value is -2.08. The van der Waals surface area contributed by atoms with Gasteiger partial charge < -0.3 is 20.3 Å². The lowest BCUT2D eigenvalue weighted by atomic mass is 9.73. The van der Waals surface area contributed by atoms with E-state index in [1.54, 1.807) is 6.07 Å². The Kier molecular flexibility index (Phi) is 8.14. The van der Waals surface area contributed by atoms with E-state index in [4.69, 9.17) is 4.74 Å². The van der Waals surface area contributed by atoms with Crippen LogP contribution in [-0.4, -0.2) is 55.5 Å². The number of fused-ring (bicyclic) bond motifs is 1. The van der Waals surface area contributed by atoms with E-state index in [0.717, 1.165) is 64.6 Å². The number of rotatable bonds is 2. The molecule has 0 radical (unpaired) electrons. The summed E-state index contributed by atoms with van der Waals surface area (Å²) in [4.78, 5) is 28.4. The zero-order chi connectivity index (χ0) is 21.4. The Balaban J connectivity index is 1.71. The van der Waals surface area contributed by atoms with E-state index in [0.29, 0.717) is 24.5 Å². The maximum absolute atomic E-state index is 13.3. The smallest absolute Gasteiger partial charge is 0.255 e. The molecule has 1 aromatic rings. The molecule has 2 heterocycles. The third-order valence-electron chi connectivity index (χ3n) is 6.45. The normalized spacial score (nSPS) is 24.0. The van der Waals surface area contributed by atoms with Crippen LogP contribution in [0.25, 0.3) is 0 Å². The molecule has 0 unspecified atom stereocenters. The zero-order valence-electron chi connectivity index (χ0n) is 18.5. The molecule has 166 valence electrons. The Morgan fingerprint density at radius 2 is 1.87 bits per heavy atom. The fourth-order valence-corrected chi connectivity index (χ4v) is 4.59. The van der Waals surface area contributed by atoms with Crippen LogP contribution in [0.5, 0.6) is 5.75 Å². The molecule has 2 N–H and O–H groups in total. The number of amides is 2. The summed E-state index contributed by atoms with van der Waals surface area (Å²) >= 11 is 0. The van der Waals surface area contributed by atoms with E-state index >= 15 is 0 Å². The summed E-state index contributed by atoms with van der Waals surface area (Å²) < 4.78 is 5.94. The Labute approximate surface area is 180 Å². The quantitative estimate of drug-likeness (QED) is 0.777. The number of hydrogen-bond acceptors (Lipinski definition) is 4. The van der Waals surface area contributed by atoms with Crippen LogP contribution in [0.1, 0.15) is 69.2 Å². The molecule has 1 saturated heterocycles. The molecule has 0 bridgehead atoms. The molecule has 2 aliphatic rings. The highest BCUT2D eigenvalue weighted by atomic mass is 16.5. The summed E-state index contributed by atoms with van der Waals surface area (Å²) in [7, 11) is 0. The predicted octanol–water partition coefficient (Wildman–Crippen LogP) is 3.37. The van der Waals surface area contributed by atoms with Gasteiger partial charge in [-0.2, -0.15) is 0 Å². The highest BCUT2D eigenvalue weighted by molar-refractivity contribution is 5.96. The number of ether oxygens (including phenoxy) is 1. The van der Waals surface area contributed by atoms with Crippen molar-refractivity contribution in [3.63, 3.8) is 0 Å². The van der Waals surface area contributed by atoms with Gasteiger partial charge in [0.1, 0.15) is 12.4 Å². The standard InChI is InChI=1S/C24H37N3O3/c1-3-15-27-16-12-24(13-17-27)11-7-4-8-14-25-22(28)20-9-5-6-10-21(20)30-18-19(2)26-23(24)29/h5-6,9-10,19H,3-4,7-8,11-18H2,1-2H3,(H,25,28)(H,26,29)/t19-/m0/s1. The SMILES string of the molecule is CCCN1CCC2(CCCCCNC(=O)c3ccccc3OC[C@H](C)NC2=O)CC1. The Morgan fingerprint density at radius 1 is 1.10 bits per heavy atom. The first-order valence-corrected chi connectivity index (χ1v) is 11.6. The van der Waals surface area contributed by atoms with E-state index in [1.165, 1.54) is 0 Å². The molecule has 1 aromatic carbocycles. The van der Waals surface area contributed by atoms with Crippen LogP contribution < -0.4 is 15.4 Å². The van der Waals surface area contributed by atoms with E-state index in [-0.39, 0.29) is 23.3 Å². The number of carbonyl (C=O) groups excluding carboxylic acids is 2. The van der Waals surface area contributed by atoms with Crippen LogP contribution in [0, 0.1) is 5.41 Å². The minimum absolute atomic E-state index is 0.100. The third-order valence-corrected chi connectivity index (χ3v) is 6.45. The van der Waals surface area contributed by atoms with Gasteiger partial charge in [0, 0.05) is 6.54 Å². The summed E-state index contributed by atoms with van der Waals surface area (Å²) in [6, 6.07) is 7.18. The average Bonchev–Trinajstić information content (AvgIpc) is 2.75. The van der Waals surface area contributed by atoms with E-state index in [9.17, 15) is 9.59 Å². The summed E-state index contributed by atoms with van der Waals surface area (Å²) in [5, 5.41) is 6.23. The summed E-state index contributed by atoms with van der Waals surface area (Å²) in [5.41, 5.74) is 0.269. The monoisotopic (exact) mass is 415 g/mol. The summed E-state index contributed by atoms with van der Waals surface area (Å²) in [5.74, 6) is 0.637. The molecule has 1 atom stereocenters. The molecule has 0 aromatic heterocycles. The maximum Gasteiger partial charge on any atom is 0.255 e. The van der Waals surface area contributed by atoms with Crippen molar-refractivity contribution < 1.29 is 14.3 Å². The van der Waals surface area contributed by atoms with Crippen molar-refractivity contribution in [1.82, 2.24) is 15.5 Å². The van der Waals surface area contributed by atoms with Crippen molar-refractivity contribution in [1.29, 1.82) is 0 Å². The number of benzene rings is 1. The second-order valence-electron chi connectivity index (χ2n) is 8.87. The Bertz CT molecular complexity index is 713. The summed E-state index contributed by atoms with van der Waals surface area (Å²) in [6.45, 7) is 8.27. The fourth-order valence-electron chi connectivity index (χ4n) is 4.59. The molecule has 6 nitrogen and oxygen atoms in total. The van der Waals surface area contributed by atoms with Gasteiger partial charge in [0.2, 0.25) is 5.91 Å². The summed E-state index contributed by atoms with van der Waals surface area (Å²) in [6.07, 6.45) is 6.87. The van der Waals surface area contributed by atoms with Crippen molar-refractivity contribution in [2.75, 3.05) is 32.8 Å². The highest BCUT2D eigenvalue weighted by Crippen LogP contribution is 2.37. The number of para-hydroxylation sites is 1. The van der Waals surface area contributed by atoms with Gasteiger partial charge in [-0.1, -0.05) is 31.9 Å². The first-order valence-electron chi connectivity index (χ1n) is 11.6. The van der Waals surface area contributed by atoms with Crippen molar-refractivity contribution in [3.8, 4) is 5.75 Å². The minimum atomic E-state index is -0.278. The molecular weight excluding hydrogens is 378 g/mol. The molecule has 3 rings (SSSR count). The van der Waals surface area contributed by atoms with Crippen LogP contribution >= 0.6 is 0 Å². The molecular formula is C24H37N3O3. The lowest BCUT2D eigenvalue weighted by molar-refractivity contribution is -0.135. The predicted molar refractivity (Wildman–Crippen MR) is 119 cm³/mol. The zero-order valence-corrected chi connectivity index (χ0v) is 18.5. The molecule has 30 heavy (non-hydrogen) atoms. The van der Waals surface area contributed by atoms with Crippen molar-refractivity contribution in [3.05, 3.63) is 29.8 Å². The molecule has 0 aliphatic carbocycles. The Morgan fingerprint density at radius 3 is 2.63 bits per heavy atom. The number of piperidine rings is 1. The van der Waals surface area contributed by atoms with Crippen LogP contribution in [0.4, 0.5) is 0 Å². The molecule has 2 aliphatic heterocycles.